The van der Waals surface area contributed by atoms with Crippen molar-refractivity contribution in [3.05, 3.63) is 18.0 Å². The van der Waals surface area contributed by atoms with E-state index in [1.807, 2.05) is 31.2 Å². The van der Waals surface area contributed by atoms with Crippen molar-refractivity contribution in [3.63, 3.8) is 0 Å². The number of morpholine rings is 1. The van der Waals surface area contributed by atoms with Gasteiger partial charge >= 0.3 is 0 Å². The summed E-state index contributed by atoms with van der Waals surface area (Å²) in [5.41, 5.74) is 1.14. The topological polar surface area (TPSA) is 54.7 Å². The van der Waals surface area contributed by atoms with E-state index in [0.29, 0.717) is 0 Å². The Bertz CT molecular complexity index is 562. The number of nitrogens with one attached hydrogen (secondary N) is 1. The van der Waals surface area contributed by atoms with Crippen molar-refractivity contribution in [1.29, 1.82) is 0 Å². The van der Waals surface area contributed by atoms with Crippen molar-refractivity contribution >= 4 is 5.96 Å². The zero-order chi connectivity index (χ0) is 17.6. The van der Waals surface area contributed by atoms with Gasteiger partial charge in [-0.25, -0.2) is 0 Å². The van der Waals surface area contributed by atoms with Gasteiger partial charge in [-0.1, -0.05) is 26.2 Å². The maximum Gasteiger partial charge on any atom is 0.193 e. The number of aliphatic imine (C=N–C) groups is 1. The third kappa shape index (κ3) is 4.75. The Kier molecular flexibility index (Phi) is 6.34. The summed E-state index contributed by atoms with van der Waals surface area (Å²) in [5.74, 6) is 2.75. The Hall–Kier alpha value is -1.56. The van der Waals surface area contributed by atoms with Crippen LogP contribution in [0.15, 0.2) is 17.4 Å². The number of rotatable bonds is 4. The number of hydrogen-bond acceptors (Lipinski definition) is 3. The van der Waals surface area contributed by atoms with E-state index >= 15 is 0 Å². The number of hydrogen-bond donors (Lipinski definition) is 1. The highest BCUT2D eigenvalue weighted by molar-refractivity contribution is 5.80. The van der Waals surface area contributed by atoms with Crippen LogP contribution in [-0.4, -0.2) is 53.9 Å². The summed E-state index contributed by atoms with van der Waals surface area (Å²) in [6.45, 7) is 5.80. The Labute approximate surface area is 151 Å². The molecular formula is C19H33N5O. The molecule has 2 fully saturated rings. The van der Waals surface area contributed by atoms with E-state index in [1.54, 1.807) is 0 Å². The highest BCUT2D eigenvalue weighted by Gasteiger charge is 2.26. The first-order chi connectivity index (χ1) is 12.2. The molecular weight excluding hydrogens is 314 g/mol. The lowest BCUT2D eigenvalue weighted by atomic mass is 9.81. The summed E-state index contributed by atoms with van der Waals surface area (Å²) >= 11 is 0. The monoisotopic (exact) mass is 347 g/mol. The average molecular weight is 348 g/mol. The van der Waals surface area contributed by atoms with Crippen LogP contribution in [0, 0.1) is 11.8 Å². The molecule has 1 aliphatic carbocycles. The minimum Gasteiger partial charge on any atom is -0.370 e. The summed E-state index contributed by atoms with van der Waals surface area (Å²) in [6, 6.07) is 0. The fraction of sp³-hybridized carbons (Fsp3) is 0.789. The molecule has 1 unspecified atom stereocenters. The lowest BCUT2D eigenvalue weighted by molar-refractivity contribution is -0.00811. The number of aromatic nitrogens is 2. The summed E-state index contributed by atoms with van der Waals surface area (Å²) < 4.78 is 7.77. The van der Waals surface area contributed by atoms with Gasteiger partial charge in [-0.3, -0.25) is 9.67 Å². The van der Waals surface area contributed by atoms with E-state index in [0.717, 1.165) is 49.6 Å². The smallest absolute Gasteiger partial charge is 0.193 e. The van der Waals surface area contributed by atoms with E-state index in [9.17, 15) is 0 Å². The second kappa shape index (κ2) is 8.70. The standard InChI is InChI=1S/C19H33N5O/c1-4-15-5-7-16(8-6-15)11-21-19(20-2)24-9-10-25-18(14-24)17-12-22-23(3)13-17/h12-13,15-16,18H,4-11,14H2,1-3H3,(H,20,21). The first-order valence-corrected chi connectivity index (χ1v) is 9.75. The fourth-order valence-electron chi connectivity index (χ4n) is 4.06. The number of ether oxygens (including phenoxy) is 1. The zero-order valence-corrected chi connectivity index (χ0v) is 15.9. The predicted octanol–water partition coefficient (Wildman–Crippen LogP) is 2.59. The van der Waals surface area contributed by atoms with Crippen molar-refractivity contribution < 1.29 is 4.74 Å². The molecule has 1 N–H and O–H groups in total. The van der Waals surface area contributed by atoms with Crippen molar-refractivity contribution in [2.45, 2.75) is 45.1 Å². The van der Waals surface area contributed by atoms with Gasteiger partial charge in [0.15, 0.2) is 5.96 Å². The van der Waals surface area contributed by atoms with Crippen LogP contribution in [0.25, 0.3) is 0 Å². The average Bonchev–Trinajstić information content (AvgIpc) is 3.09. The van der Waals surface area contributed by atoms with E-state index in [1.165, 1.54) is 32.1 Å². The molecule has 0 radical (unpaired) electrons. The van der Waals surface area contributed by atoms with E-state index < -0.39 is 0 Å². The van der Waals surface area contributed by atoms with Gasteiger partial charge in [0.25, 0.3) is 0 Å². The third-order valence-electron chi connectivity index (χ3n) is 5.77. The molecule has 0 spiro atoms. The van der Waals surface area contributed by atoms with Crippen LogP contribution in [0.5, 0.6) is 0 Å². The van der Waals surface area contributed by atoms with Gasteiger partial charge in [-0.15, -0.1) is 0 Å². The molecule has 0 aromatic carbocycles. The van der Waals surface area contributed by atoms with Gasteiger partial charge < -0.3 is 15.0 Å². The summed E-state index contributed by atoms with van der Waals surface area (Å²) in [5, 5.41) is 7.88. The van der Waals surface area contributed by atoms with Gasteiger partial charge in [0.2, 0.25) is 0 Å². The number of nitrogens with zero attached hydrogens (tertiary/aromatic N) is 4. The molecule has 6 heteroatoms. The van der Waals surface area contributed by atoms with Gasteiger partial charge in [0.05, 0.1) is 19.3 Å². The zero-order valence-electron chi connectivity index (χ0n) is 15.9. The highest BCUT2D eigenvalue weighted by atomic mass is 16.5. The molecule has 6 nitrogen and oxygen atoms in total. The van der Waals surface area contributed by atoms with Gasteiger partial charge in [-0.2, -0.15) is 5.10 Å². The lowest BCUT2D eigenvalue weighted by Gasteiger charge is -2.36. The van der Waals surface area contributed by atoms with Crippen LogP contribution in [0.1, 0.15) is 50.7 Å². The molecule has 2 heterocycles. The number of aryl methyl sites for hydroxylation is 1. The minimum atomic E-state index is 0.0704. The Morgan fingerprint density at radius 3 is 2.72 bits per heavy atom. The van der Waals surface area contributed by atoms with Crippen molar-refractivity contribution in [2.24, 2.45) is 23.9 Å². The third-order valence-corrected chi connectivity index (χ3v) is 5.77. The Balaban J connectivity index is 1.50. The van der Waals surface area contributed by atoms with Crippen LogP contribution in [-0.2, 0) is 11.8 Å². The minimum absolute atomic E-state index is 0.0704. The molecule has 1 aromatic heterocycles. The molecule has 3 rings (SSSR count). The van der Waals surface area contributed by atoms with Gasteiger partial charge in [0.1, 0.15) is 6.10 Å². The van der Waals surface area contributed by atoms with E-state index in [-0.39, 0.29) is 6.10 Å². The SMILES string of the molecule is CCC1CCC(CNC(=NC)N2CCOC(c3cnn(C)c3)C2)CC1. The molecule has 1 aliphatic heterocycles. The lowest BCUT2D eigenvalue weighted by Crippen LogP contribution is -2.49. The second-order valence-electron chi connectivity index (χ2n) is 7.48. The summed E-state index contributed by atoms with van der Waals surface area (Å²) in [7, 11) is 3.82. The van der Waals surface area contributed by atoms with Crippen LogP contribution < -0.4 is 5.32 Å². The maximum absolute atomic E-state index is 5.94. The van der Waals surface area contributed by atoms with Crippen LogP contribution in [0.3, 0.4) is 0 Å². The molecule has 140 valence electrons. The Morgan fingerprint density at radius 1 is 1.32 bits per heavy atom. The number of guanidine groups is 1. The predicted molar refractivity (Wildman–Crippen MR) is 101 cm³/mol. The molecule has 2 aliphatic rings. The maximum atomic E-state index is 5.94. The molecule has 0 bridgehead atoms. The highest BCUT2D eigenvalue weighted by Crippen LogP contribution is 2.30. The van der Waals surface area contributed by atoms with E-state index in [2.05, 4.69) is 27.2 Å². The quantitative estimate of drug-likeness (QED) is 0.672. The van der Waals surface area contributed by atoms with Crippen molar-refractivity contribution in [1.82, 2.24) is 20.0 Å². The largest absolute Gasteiger partial charge is 0.370 e. The van der Waals surface area contributed by atoms with Gasteiger partial charge in [0, 0.05) is 38.9 Å². The summed E-state index contributed by atoms with van der Waals surface area (Å²) in [6.07, 6.45) is 10.8. The molecule has 1 saturated heterocycles. The fourth-order valence-corrected chi connectivity index (χ4v) is 4.06. The normalized spacial score (nSPS) is 28.2. The summed E-state index contributed by atoms with van der Waals surface area (Å²) in [4.78, 5) is 6.83. The molecule has 0 amide bonds. The van der Waals surface area contributed by atoms with Gasteiger partial charge in [-0.05, 0) is 24.7 Å². The molecule has 1 saturated carbocycles. The first-order valence-electron chi connectivity index (χ1n) is 9.75. The molecule has 25 heavy (non-hydrogen) atoms. The first kappa shape index (κ1) is 18.2. The second-order valence-corrected chi connectivity index (χ2v) is 7.48. The van der Waals surface area contributed by atoms with Crippen LogP contribution in [0.4, 0.5) is 0 Å². The molecule has 1 atom stereocenters. The van der Waals surface area contributed by atoms with Crippen LogP contribution in [0.2, 0.25) is 0 Å². The van der Waals surface area contributed by atoms with Crippen LogP contribution >= 0.6 is 0 Å². The van der Waals surface area contributed by atoms with Crippen molar-refractivity contribution in [2.75, 3.05) is 33.3 Å². The molecule has 1 aromatic rings. The Morgan fingerprint density at radius 2 is 2.08 bits per heavy atom. The van der Waals surface area contributed by atoms with Crippen molar-refractivity contribution in [3.8, 4) is 0 Å². The van der Waals surface area contributed by atoms with E-state index in [4.69, 9.17) is 4.74 Å².